The third-order valence-corrected chi connectivity index (χ3v) is 5.59. The van der Waals surface area contributed by atoms with Gasteiger partial charge in [0.05, 0.1) is 12.8 Å². The van der Waals surface area contributed by atoms with E-state index in [1.165, 1.54) is 0 Å². The van der Waals surface area contributed by atoms with Gasteiger partial charge in [0.25, 0.3) is 5.91 Å². The van der Waals surface area contributed by atoms with Crippen molar-refractivity contribution in [1.82, 2.24) is 5.32 Å². The number of rotatable bonds is 9. The molecule has 7 heteroatoms. The van der Waals surface area contributed by atoms with Crippen molar-refractivity contribution < 1.29 is 23.8 Å². The molecule has 1 heterocycles. The van der Waals surface area contributed by atoms with E-state index in [1.807, 2.05) is 72.8 Å². The molecule has 0 radical (unpaired) electrons. The van der Waals surface area contributed by atoms with Crippen molar-refractivity contribution in [3.8, 4) is 17.2 Å². The van der Waals surface area contributed by atoms with E-state index in [9.17, 15) is 9.59 Å². The standard InChI is InChI=1S/C27H28N2O5/c1-19-27(31)29(22-10-6-7-11-23(22)34-19)15-14-26(30)28-17-21-12-13-24(25(16-21)32-2)33-18-20-8-4-3-5-9-20/h3-13,16,19H,14-15,17-18H2,1-2H3,(H,28,30)/t19-/m0/s1. The average molecular weight is 461 g/mol. The molecule has 34 heavy (non-hydrogen) atoms. The Balaban J connectivity index is 1.31. The highest BCUT2D eigenvalue weighted by Crippen LogP contribution is 2.33. The molecule has 0 aliphatic carbocycles. The van der Waals surface area contributed by atoms with E-state index in [4.69, 9.17) is 14.2 Å². The van der Waals surface area contributed by atoms with Gasteiger partial charge in [0.2, 0.25) is 5.91 Å². The minimum atomic E-state index is -0.576. The Bertz CT molecular complexity index is 1150. The summed E-state index contributed by atoms with van der Waals surface area (Å²) < 4.78 is 17.0. The largest absolute Gasteiger partial charge is 0.493 e. The van der Waals surface area contributed by atoms with Crippen molar-refractivity contribution in [3.05, 3.63) is 83.9 Å². The summed E-state index contributed by atoms with van der Waals surface area (Å²) in [5.41, 5.74) is 2.64. The molecule has 0 unspecified atom stereocenters. The third kappa shape index (κ3) is 5.49. The molecule has 0 spiro atoms. The Morgan fingerprint density at radius 1 is 1.00 bits per heavy atom. The van der Waals surface area contributed by atoms with Crippen LogP contribution in [0.1, 0.15) is 24.5 Å². The Morgan fingerprint density at radius 2 is 1.76 bits per heavy atom. The minimum absolute atomic E-state index is 0.146. The molecule has 2 amide bonds. The Morgan fingerprint density at radius 3 is 2.56 bits per heavy atom. The lowest BCUT2D eigenvalue weighted by atomic mass is 10.1. The first kappa shape index (κ1) is 23.2. The van der Waals surface area contributed by atoms with E-state index in [2.05, 4.69) is 5.32 Å². The van der Waals surface area contributed by atoms with Gasteiger partial charge in [0, 0.05) is 19.5 Å². The molecule has 1 atom stereocenters. The van der Waals surface area contributed by atoms with Crippen molar-refractivity contribution in [2.45, 2.75) is 32.6 Å². The van der Waals surface area contributed by atoms with Crippen LogP contribution in [0.15, 0.2) is 72.8 Å². The predicted octanol–water partition coefficient (Wildman–Crippen LogP) is 4.09. The number of hydrogen-bond acceptors (Lipinski definition) is 5. The summed E-state index contributed by atoms with van der Waals surface area (Å²) in [6, 6.07) is 22.8. The van der Waals surface area contributed by atoms with Gasteiger partial charge in [-0.15, -0.1) is 0 Å². The molecule has 0 bridgehead atoms. The molecule has 0 saturated heterocycles. The number of amides is 2. The zero-order valence-corrected chi connectivity index (χ0v) is 19.3. The van der Waals surface area contributed by atoms with Crippen LogP contribution in [0.4, 0.5) is 5.69 Å². The van der Waals surface area contributed by atoms with Crippen LogP contribution >= 0.6 is 0 Å². The molecule has 1 aliphatic heterocycles. The van der Waals surface area contributed by atoms with Crippen LogP contribution < -0.4 is 24.4 Å². The van der Waals surface area contributed by atoms with Gasteiger partial charge in [0.1, 0.15) is 12.4 Å². The molecule has 1 aliphatic rings. The molecule has 3 aromatic carbocycles. The van der Waals surface area contributed by atoms with Gasteiger partial charge in [-0.1, -0.05) is 48.5 Å². The number of ether oxygens (including phenoxy) is 3. The van der Waals surface area contributed by atoms with Crippen LogP contribution in [0, 0.1) is 0 Å². The van der Waals surface area contributed by atoms with E-state index in [0.29, 0.717) is 36.1 Å². The number of fused-ring (bicyclic) bond motifs is 1. The maximum absolute atomic E-state index is 12.6. The normalized spacial score (nSPS) is 14.7. The van der Waals surface area contributed by atoms with Crippen molar-refractivity contribution in [1.29, 1.82) is 0 Å². The smallest absolute Gasteiger partial charge is 0.267 e. The van der Waals surface area contributed by atoms with Gasteiger partial charge in [-0.25, -0.2) is 0 Å². The van der Waals surface area contributed by atoms with Crippen LogP contribution in [0.2, 0.25) is 0 Å². The summed E-state index contributed by atoms with van der Waals surface area (Å²) in [7, 11) is 1.59. The van der Waals surface area contributed by atoms with E-state index < -0.39 is 6.10 Å². The van der Waals surface area contributed by atoms with Crippen molar-refractivity contribution >= 4 is 17.5 Å². The molecule has 0 saturated carbocycles. The van der Waals surface area contributed by atoms with Gasteiger partial charge in [-0.3, -0.25) is 9.59 Å². The number of methoxy groups -OCH3 is 1. The zero-order valence-electron chi connectivity index (χ0n) is 19.3. The first-order valence-electron chi connectivity index (χ1n) is 11.2. The van der Waals surface area contributed by atoms with E-state index >= 15 is 0 Å². The maximum atomic E-state index is 12.6. The molecular weight excluding hydrogens is 432 g/mol. The van der Waals surface area contributed by atoms with E-state index in [0.717, 1.165) is 11.1 Å². The van der Waals surface area contributed by atoms with Crippen LogP contribution in [-0.4, -0.2) is 31.6 Å². The fourth-order valence-corrected chi connectivity index (χ4v) is 3.77. The van der Waals surface area contributed by atoms with Crippen molar-refractivity contribution in [2.24, 2.45) is 0 Å². The van der Waals surface area contributed by atoms with E-state index in [-0.39, 0.29) is 24.8 Å². The summed E-state index contributed by atoms with van der Waals surface area (Å²) in [5.74, 6) is 1.60. The second-order valence-corrected chi connectivity index (χ2v) is 8.00. The third-order valence-electron chi connectivity index (χ3n) is 5.59. The monoisotopic (exact) mass is 460 g/mol. The number of carbonyl (C=O) groups excluding carboxylic acids is 2. The fourth-order valence-electron chi connectivity index (χ4n) is 3.77. The maximum Gasteiger partial charge on any atom is 0.267 e. The van der Waals surface area contributed by atoms with Crippen LogP contribution in [0.3, 0.4) is 0 Å². The number of benzene rings is 3. The zero-order chi connectivity index (χ0) is 23.9. The molecular formula is C27H28N2O5. The molecule has 0 aromatic heterocycles. The SMILES string of the molecule is COc1cc(CNC(=O)CCN2C(=O)[C@H](C)Oc3ccccc32)ccc1OCc1ccccc1. The Kier molecular flexibility index (Phi) is 7.32. The molecule has 0 fully saturated rings. The van der Waals surface area contributed by atoms with Gasteiger partial charge < -0.3 is 24.4 Å². The summed E-state index contributed by atoms with van der Waals surface area (Å²) >= 11 is 0. The second-order valence-electron chi connectivity index (χ2n) is 8.00. The summed E-state index contributed by atoms with van der Waals surface area (Å²) in [4.78, 5) is 26.7. The topological polar surface area (TPSA) is 77.1 Å². The number of para-hydroxylation sites is 2. The number of hydrogen-bond donors (Lipinski definition) is 1. The predicted molar refractivity (Wildman–Crippen MR) is 129 cm³/mol. The van der Waals surface area contributed by atoms with Crippen LogP contribution in [0.5, 0.6) is 17.2 Å². The van der Waals surface area contributed by atoms with Crippen molar-refractivity contribution in [2.75, 3.05) is 18.6 Å². The van der Waals surface area contributed by atoms with Crippen molar-refractivity contribution in [3.63, 3.8) is 0 Å². The van der Waals surface area contributed by atoms with E-state index in [1.54, 1.807) is 18.9 Å². The highest BCUT2D eigenvalue weighted by atomic mass is 16.5. The molecule has 1 N–H and O–H groups in total. The highest BCUT2D eigenvalue weighted by Gasteiger charge is 2.31. The summed E-state index contributed by atoms with van der Waals surface area (Å²) in [5, 5.41) is 2.91. The molecule has 176 valence electrons. The minimum Gasteiger partial charge on any atom is -0.493 e. The molecule has 7 nitrogen and oxygen atoms in total. The summed E-state index contributed by atoms with van der Waals surface area (Å²) in [6.07, 6.45) is -0.393. The lowest BCUT2D eigenvalue weighted by Crippen LogP contribution is -2.45. The number of nitrogens with one attached hydrogen (secondary N) is 1. The second kappa shape index (κ2) is 10.7. The lowest BCUT2D eigenvalue weighted by molar-refractivity contribution is -0.125. The number of nitrogens with zero attached hydrogens (tertiary/aromatic N) is 1. The number of carbonyl (C=O) groups is 2. The Hall–Kier alpha value is -4.00. The first-order chi connectivity index (χ1) is 16.5. The van der Waals surface area contributed by atoms with Crippen LogP contribution in [0.25, 0.3) is 0 Å². The van der Waals surface area contributed by atoms with Gasteiger partial charge in [0.15, 0.2) is 17.6 Å². The average Bonchev–Trinajstić information content (AvgIpc) is 2.87. The van der Waals surface area contributed by atoms with Gasteiger partial charge in [-0.2, -0.15) is 0 Å². The lowest BCUT2D eigenvalue weighted by Gasteiger charge is -2.32. The van der Waals surface area contributed by atoms with Crippen LogP contribution in [-0.2, 0) is 22.7 Å². The quantitative estimate of drug-likeness (QED) is 0.520. The van der Waals surface area contributed by atoms with Gasteiger partial charge in [-0.05, 0) is 42.3 Å². The highest BCUT2D eigenvalue weighted by molar-refractivity contribution is 6.00. The first-order valence-corrected chi connectivity index (χ1v) is 11.2. The summed E-state index contributed by atoms with van der Waals surface area (Å²) in [6.45, 7) is 2.78. The number of anilines is 1. The fraction of sp³-hybridized carbons (Fsp3) is 0.259. The Labute approximate surface area is 199 Å². The molecule has 4 rings (SSSR count). The van der Waals surface area contributed by atoms with Gasteiger partial charge >= 0.3 is 0 Å². The molecule has 3 aromatic rings.